The third kappa shape index (κ3) is 3.85. The van der Waals surface area contributed by atoms with Crippen molar-refractivity contribution in [2.24, 2.45) is 0 Å². The molecule has 1 aromatic heterocycles. The van der Waals surface area contributed by atoms with E-state index in [4.69, 9.17) is 10.8 Å². The number of benzene rings is 1. The highest BCUT2D eigenvalue weighted by atomic mass is 16.5. The molecule has 2 N–H and O–H groups in total. The van der Waals surface area contributed by atoms with Crippen LogP contribution in [-0.4, -0.2) is 27.3 Å². The van der Waals surface area contributed by atoms with E-state index < -0.39 is 12.1 Å². The Bertz CT molecular complexity index is 905. The van der Waals surface area contributed by atoms with E-state index in [0.717, 1.165) is 18.4 Å². The van der Waals surface area contributed by atoms with Crippen LogP contribution in [0.15, 0.2) is 53.1 Å². The van der Waals surface area contributed by atoms with E-state index in [1.807, 2.05) is 12.1 Å². The zero-order valence-corrected chi connectivity index (χ0v) is 14.3. The summed E-state index contributed by atoms with van der Waals surface area (Å²) in [6.45, 7) is 1.54. The third-order valence-electron chi connectivity index (χ3n) is 3.96. The van der Waals surface area contributed by atoms with Crippen LogP contribution in [0.1, 0.15) is 25.5 Å². The van der Waals surface area contributed by atoms with E-state index in [2.05, 4.69) is 28.4 Å². The summed E-state index contributed by atoms with van der Waals surface area (Å²) >= 11 is 0. The van der Waals surface area contributed by atoms with E-state index in [-0.39, 0.29) is 0 Å². The molecule has 0 bridgehead atoms. The first-order valence-electron chi connectivity index (χ1n) is 8.27. The minimum atomic E-state index is -0.732. The molecule has 26 heavy (non-hydrogen) atoms. The lowest BCUT2D eigenvalue weighted by atomic mass is 10.1. The lowest BCUT2D eigenvalue weighted by molar-refractivity contribution is -0.0516. The maximum Gasteiger partial charge on any atom is 0.346 e. The molecule has 0 saturated heterocycles. The van der Waals surface area contributed by atoms with Crippen molar-refractivity contribution in [1.29, 1.82) is 0 Å². The molecule has 1 aliphatic carbocycles. The van der Waals surface area contributed by atoms with Gasteiger partial charge in [-0.3, -0.25) is 5.21 Å². The predicted molar refractivity (Wildman–Crippen MR) is 99.2 cm³/mol. The van der Waals surface area contributed by atoms with Gasteiger partial charge in [0.1, 0.15) is 6.04 Å². The van der Waals surface area contributed by atoms with Crippen molar-refractivity contribution in [3.05, 3.63) is 54.5 Å². The van der Waals surface area contributed by atoms with Crippen LogP contribution < -0.4 is 5.32 Å². The number of hydrogen-bond donors (Lipinski definition) is 2. The molecule has 2 amide bonds. The van der Waals surface area contributed by atoms with Gasteiger partial charge < -0.3 is 9.73 Å². The van der Waals surface area contributed by atoms with Gasteiger partial charge in [0.25, 0.3) is 0 Å². The molecule has 1 unspecified atom stereocenters. The zero-order valence-electron chi connectivity index (χ0n) is 14.3. The number of oxazole rings is 1. The molecule has 0 saturated carbocycles. The van der Waals surface area contributed by atoms with Crippen LogP contribution in [0.5, 0.6) is 0 Å². The highest BCUT2D eigenvalue weighted by molar-refractivity contribution is 5.89. The third-order valence-corrected chi connectivity index (χ3v) is 3.96. The predicted octanol–water partition coefficient (Wildman–Crippen LogP) is 4.32. The van der Waals surface area contributed by atoms with Crippen LogP contribution in [0.2, 0.25) is 0 Å². The number of aromatic nitrogens is 1. The Hall–Kier alpha value is -3.30. The Morgan fingerprint density at radius 3 is 3.04 bits per heavy atom. The van der Waals surface area contributed by atoms with Crippen LogP contribution in [0, 0.1) is 12.3 Å². The molecule has 132 valence electrons. The summed E-state index contributed by atoms with van der Waals surface area (Å²) in [4.78, 5) is 16.3. The van der Waals surface area contributed by atoms with Crippen molar-refractivity contribution in [2.45, 2.75) is 25.8 Å². The van der Waals surface area contributed by atoms with Gasteiger partial charge in [-0.15, -0.1) is 6.42 Å². The Morgan fingerprint density at radius 2 is 2.31 bits per heavy atom. The molecule has 3 rings (SSSR count). The Kier molecular flexibility index (Phi) is 5.20. The molecule has 1 heterocycles. The van der Waals surface area contributed by atoms with E-state index in [1.54, 1.807) is 31.3 Å². The maximum absolute atomic E-state index is 12.0. The lowest BCUT2D eigenvalue weighted by Crippen LogP contribution is -2.37. The van der Waals surface area contributed by atoms with Gasteiger partial charge >= 0.3 is 6.03 Å². The Balaban J connectivity index is 1.77. The summed E-state index contributed by atoms with van der Waals surface area (Å²) in [6.07, 6.45) is 15.1. The summed E-state index contributed by atoms with van der Waals surface area (Å²) in [7, 11) is 0. The van der Waals surface area contributed by atoms with Gasteiger partial charge in [-0.25, -0.2) is 9.78 Å². The number of hydrogen-bond acceptors (Lipinski definition) is 4. The molecule has 0 radical (unpaired) electrons. The quantitative estimate of drug-likeness (QED) is 0.489. The number of carbonyl (C=O) groups excluding carboxylic acids is 1. The summed E-state index contributed by atoms with van der Waals surface area (Å²) in [5.41, 5.74) is 2.22. The second kappa shape index (κ2) is 7.72. The SMILES string of the molecule is C#CC(C)N(O)C(=O)Nc1cccc(-c2ncc(C3=CCCC=C3)o2)c1. The Labute approximate surface area is 151 Å². The summed E-state index contributed by atoms with van der Waals surface area (Å²) in [6, 6.07) is 5.57. The van der Waals surface area contributed by atoms with Crippen LogP contribution in [-0.2, 0) is 0 Å². The topological polar surface area (TPSA) is 78.6 Å². The molecule has 1 atom stereocenters. The minimum absolute atomic E-state index is 0.453. The van der Waals surface area contributed by atoms with Crippen molar-refractivity contribution >= 4 is 17.3 Å². The molecule has 1 aromatic carbocycles. The molecule has 0 fully saturated rings. The van der Waals surface area contributed by atoms with E-state index in [1.165, 1.54) is 0 Å². The first-order chi connectivity index (χ1) is 12.6. The largest absolute Gasteiger partial charge is 0.436 e. The summed E-state index contributed by atoms with van der Waals surface area (Å²) < 4.78 is 5.84. The first kappa shape index (κ1) is 17.5. The van der Waals surface area contributed by atoms with Gasteiger partial charge in [0.2, 0.25) is 5.89 Å². The van der Waals surface area contributed by atoms with Gasteiger partial charge in [-0.1, -0.05) is 30.2 Å². The highest BCUT2D eigenvalue weighted by Crippen LogP contribution is 2.27. The fraction of sp³-hybridized carbons (Fsp3) is 0.200. The average Bonchev–Trinajstić information content (AvgIpc) is 3.18. The van der Waals surface area contributed by atoms with Crippen molar-refractivity contribution in [3.63, 3.8) is 0 Å². The highest BCUT2D eigenvalue weighted by Gasteiger charge is 2.17. The minimum Gasteiger partial charge on any atom is -0.436 e. The number of rotatable bonds is 4. The number of amides is 2. The van der Waals surface area contributed by atoms with Crippen LogP contribution in [0.4, 0.5) is 10.5 Å². The van der Waals surface area contributed by atoms with Crippen LogP contribution >= 0.6 is 0 Å². The molecule has 2 aromatic rings. The molecule has 1 aliphatic rings. The molecule has 0 spiro atoms. The van der Waals surface area contributed by atoms with E-state index in [0.29, 0.717) is 28.0 Å². The van der Waals surface area contributed by atoms with E-state index in [9.17, 15) is 10.0 Å². The standard InChI is InChI=1S/C20H19N3O3/c1-3-14(2)23(25)20(24)22-17-11-7-10-16(12-17)19-21-13-18(26-19)15-8-5-4-6-9-15/h1,5,7-14,25H,4,6H2,2H3,(H,22,24). The normalized spacial score (nSPS) is 14.3. The van der Waals surface area contributed by atoms with Gasteiger partial charge in [0.05, 0.1) is 6.20 Å². The van der Waals surface area contributed by atoms with Crippen molar-refractivity contribution in [1.82, 2.24) is 10.0 Å². The number of hydroxylamine groups is 2. The van der Waals surface area contributed by atoms with Crippen LogP contribution in [0.3, 0.4) is 0 Å². The maximum atomic E-state index is 12.0. The number of nitrogens with zero attached hydrogens (tertiary/aromatic N) is 2. The monoisotopic (exact) mass is 349 g/mol. The number of nitrogens with one attached hydrogen (secondary N) is 1. The van der Waals surface area contributed by atoms with Gasteiger partial charge in [-0.2, -0.15) is 5.06 Å². The summed E-state index contributed by atoms with van der Waals surface area (Å²) in [5.74, 6) is 3.44. The molecule has 6 heteroatoms. The smallest absolute Gasteiger partial charge is 0.346 e. The average molecular weight is 349 g/mol. The van der Waals surface area contributed by atoms with Crippen molar-refractivity contribution < 1.29 is 14.4 Å². The van der Waals surface area contributed by atoms with Crippen molar-refractivity contribution in [2.75, 3.05) is 5.32 Å². The molecule has 0 aliphatic heterocycles. The second-order valence-corrected chi connectivity index (χ2v) is 5.87. The van der Waals surface area contributed by atoms with Gasteiger partial charge in [0.15, 0.2) is 5.76 Å². The second-order valence-electron chi connectivity index (χ2n) is 5.87. The molecule has 6 nitrogen and oxygen atoms in total. The van der Waals surface area contributed by atoms with Gasteiger partial charge in [0, 0.05) is 16.8 Å². The number of anilines is 1. The van der Waals surface area contributed by atoms with Crippen LogP contribution in [0.25, 0.3) is 17.0 Å². The Morgan fingerprint density at radius 1 is 1.46 bits per heavy atom. The number of carbonyl (C=O) groups is 1. The van der Waals surface area contributed by atoms with E-state index >= 15 is 0 Å². The number of allylic oxidation sites excluding steroid dienone is 4. The fourth-order valence-electron chi connectivity index (χ4n) is 2.49. The zero-order chi connectivity index (χ0) is 18.5. The van der Waals surface area contributed by atoms with Crippen molar-refractivity contribution in [3.8, 4) is 23.8 Å². The number of urea groups is 1. The molecular formula is C20H19N3O3. The number of terminal acetylenes is 1. The fourth-order valence-corrected chi connectivity index (χ4v) is 2.49. The molecular weight excluding hydrogens is 330 g/mol. The lowest BCUT2D eigenvalue weighted by Gasteiger charge is -2.18. The summed E-state index contributed by atoms with van der Waals surface area (Å²) in [5, 5.41) is 12.8. The van der Waals surface area contributed by atoms with Gasteiger partial charge in [-0.05, 0) is 38.0 Å². The first-order valence-corrected chi connectivity index (χ1v) is 8.27.